The SMILES string of the molecule is CCC1(C(=O)O)CCN(Cc2cccc(Br)c2)CC1. The molecule has 1 aromatic carbocycles. The maximum atomic E-state index is 11.4. The molecule has 1 heterocycles. The van der Waals surface area contributed by atoms with Crippen LogP contribution in [-0.2, 0) is 11.3 Å². The van der Waals surface area contributed by atoms with Crippen LogP contribution in [0.25, 0.3) is 0 Å². The van der Waals surface area contributed by atoms with Gasteiger partial charge in [0, 0.05) is 11.0 Å². The fourth-order valence-corrected chi connectivity index (χ4v) is 3.20. The van der Waals surface area contributed by atoms with Gasteiger partial charge in [-0.15, -0.1) is 0 Å². The van der Waals surface area contributed by atoms with Crippen molar-refractivity contribution in [2.75, 3.05) is 13.1 Å². The van der Waals surface area contributed by atoms with Crippen LogP contribution in [0.2, 0.25) is 0 Å². The van der Waals surface area contributed by atoms with Gasteiger partial charge in [-0.1, -0.05) is 35.0 Å². The molecule has 19 heavy (non-hydrogen) atoms. The van der Waals surface area contributed by atoms with Gasteiger partial charge in [0.15, 0.2) is 0 Å². The van der Waals surface area contributed by atoms with Crippen molar-refractivity contribution in [1.29, 1.82) is 0 Å². The van der Waals surface area contributed by atoms with E-state index in [4.69, 9.17) is 0 Å². The van der Waals surface area contributed by atoms with Crippen molar-refractivity contribution in [3.05, 3.63) is 34.3 Å². The molecule has 0 radical (unpaired) electrons. The zero-order valence-corrected chi connectivity index (χ0v) is 12.8. The van der Waals surface area contributed by atoms with E-state index in [0.717, 1.165) is 43.4 Å². The van der Waals surface area contributed by atoms with E-state index in [1.165, 1.54) is 5.56 Å². The summed E-state index contributed by atoms with van der Waals surface area (Å²) < 4.78 is 1.09. The van der Waals surface area contributed by atoms with Crippen molar-refractivity contribution in [3.63, 3.8) is 0 Å². The number of carbonyl (C=O) groups is 1. The summed E-state index contributed by atoms with van der Waals surface area (Å²) in [6.07, 6.45) is 2.24. The highest BCUT2D eigenvalue weighted by Gasteiger charge is 2.39. The second-order valence-corrected chi connectivity index (χ2v) is 6.26. The van der Waals surface area contributed by atoms with Crippen molar-refractivity contribution in [2.45, 2.75) is 32.7 Å². The molecule has 0 unspecified atom stereocenters. The number of nitrogens with zero attached hydrogens (tertiary/aromatic N) is 1. The highest BCUT2D eigenvalue weighted by Crippen LogP contribution is 2.35. The van der Waals surface area contributed by atoms with Crippen LogP contribution in [0.1, 0.15) is 31.7 Å². The Morgan fingerprint density at radius 1 is 1.42 bits per heavy atom. The quantitative estimate of drug-likeness (QED) is 0.920. The number of aliphatic carboxylic acids is 1. The summed E-state index contributed by atoms with van der Waals surface area (Å²) in [5.74, 6) is -0.628. The summed E-state index contributed by atoms with van der Waals surface area (Å²) in [5.41, 5.74) is 0.780. The molecule has 1 aliphatic rings. The van der Waals surface area contributed by atoms with Crippen molar-refractivity contribution in [2.24, 2.45) is 5.41 Å². The van der Waals surface area contributed by atoms with Crippen molar-refractivity contribution < 1.29 is 9.90 Å². The van der Waals surface area contributed by atoms with E-state index in [9.17, 15) is 9.90 Å². The maximum absolute atomic E-state index is 11.4. The molecule has 0 aliphatic carbocycles. The lowest BCUT2D eigenvalue weighted by atomic mass is 9.76. The molecule has 0 aromatic heterocycles. The highest BCUT2D eigenvalue weighted by molar-refractivity contribution is 9.10. The number of hydrogen-bond acceptors (Lipinski definition) is 2. The zero-order chi connectivity index (χ0) is 13.9. The molecule has 104 valence electrons. The fraction of sp³-hybridized carbons (Fsp3) is 0.533. The predicted octanol–water partition coefficient (Wildman–Crippen LogP) is 3.53. The smallest absolute Gasteiger partial charge is 0.309 e. The monoisotopic (exact) mass is 325 g/mol. The first-order valence-electron chi connectivity index (χ1n) is 6.76. The van der Waals surface area contributed by atoms with Gasteiger partial charge in [0.05, 0.1) is 5.41 Å². The van der Waals surface area contributed by atoms with Crippen LogP contribution in [0, 0.1) is 5.41 Å². The topological polar surface area (TPSA) is 40.5 Å². The van der Waals surface area contributed by atoms with E-state index in [2.05, 4.69) is 33.0 Å². The molecule has 1 aliphatic heterocycles. The average molecular weight is 326 g/mol. The van der Waals surface area contributed by atoms with E-state index < -0.39 is 11.4 Å². The van der Waals surface area contributed by atoms with Gasteiger partial charge in [-0.2, -0.15) is 0 Å². The minimum Gasteiger partial charge on any atom is -0.481 e. The van der Waals surface area contributed by atoms with Crippen LogP contribution in [0.3, 0.4) is 0 Å². The van der Waals surface area contributed by atoms with Gasteiger partial charge in [0.1, 0.15) is 0 Å². The Kier molecular flexibility index (Phi) is 4.63. The molecule has 1 N–H and O–H groups in total. The minimum atomic E-state index is -0.628. The van der Waals surface area contributed by atoms with Gasteiger partial charge in [0.2, 0.25) is 0 Å². The molecule has 1 saturated heterocycles. The van der Waals surface area contributed by atoms with Crippen LogP contribution in [0.4, 0.5) is 0 Å². The highest BCUT2D eigenvalue weighted by atomic mass is 79.9. The van der Waals surface area contributed by atoms with Crippen LogP contribution in [-0.4, -0.2) is 29.1 Å². The second kappa shape index (κ2) is 6.06. The van der Waals surface area contributed by atoms with Gasteiger partial charge >= 0.3 is 5.97 Å². The maximum Gasteiger partial charge on any atom is 0.309 e. The molecule has 0 amide bonds. The van der Waals surface area contributed by atoms with Gasteiger partial charge in [-0.05, 0) is 50.0 Å². The Hall–Kier alpha value is -0.870. The van der Waals surface area contributed by atoms with E-state index in [0.29, 0.717) is 0 Å². The number of carboxylic acids is 1. The molecule has 4 heteroatoms. The fourth-order valence-electron chi connectivity index (χ4n) is 2.75. The van der Waals surface area contributed by atoms with Gasteiger partial charge < -0.3 is 5.11 Å². The standard InChI is InChI=1S/C15H20BrNO2/c1-2-15(14(18)19)6-8-17(9-7-15)11-12-4-3-5-13(16)10-12/h3-5,10H,2,6-9,11H2,1H3,(H,18,19). The number of benzene rings is 1. The summed E-state index contributed by atoms with van der Waals surface area (Å²) in [5, 5.41) is 9.38. The Morgan fingerprint density at radius 2 is 2.11 bits per heavy atom. The summed E-state index contributed by atoms with van der Waals surface area (Å²) in [7, 11) is 0. The van der Waals surface area contributed by atoms with Crippen LogP contribution in [0.15, 0.2) is 28.7 Å². The van der Waals surface area contributed by atoms with E-state index in [1.807, 2.05) is 19.1 Å². The first-order chi connectivity index (χ1) is 9.05. The molecule has 3 nitrogen and oxygen atoms in total. The minimum absolute atomic E-state index is 0.492. The number of hydrogen-bond donors (Lipinski definition) is 1. The van der Waals surface area contributed by atoms with Crippen molar-refractivity contribution in [1.82, 2.24) is 4.90 Å². The summed E-state index contributed by atoms with van der Waals surface area (Å²) >= 11 is 3.48. The molecule has 1 fully saturated rings. The lowest BCUT2D eigenvalue weighted by molar-refractivity contribution is -0.152. The summed E-state index contributed by atoms with van der Waals surface area (Å²) in [6, 6.07) is 8.30. The normalized spacial score (nSPS) is 19.3. The van der Waals surface area contributed by atoms with Crippen LogP contribution >= 0.6 is 15.9 Å². The third kappa shape index (κ3) is 3.37. The Morgan fingerprint density at radius 3 is 2.63 bits per heavy atom. The van der Waals surface area contributed by atoms with Gasteiger partial charge in [0.25, 0.3) is 0 Å². The Balaban J connectivity index is 1.95. The van der Waals surface area contributed by atoms with Crippen LogP contribution < -0.4 is 0 Å². The molecular weight excluding hydrogens is 306 g/mol. The third-order valence-corrected chi connectivity index (χ3v) is 4.73. The second-order valence-electron chi connectivity index (χ2n) is 5.35. The average Bonchev–Trinajstić information content (AvgIpc) is 2.39. The summed E-state index contributed by atoms with van der Waals surface area (Å²) in [6.45, 7) is 4.62. The van der Waals surface area contributed by atoms with Gasteiger partial charge in [-0.3, -0.25) is 9.69 Å². The molecule has 1 aromatic rings. The lowest BCUT2D eigenvalue weighted by Gasteiger charge is -2.38. The van der Waals surface area contributed by atoms with Gasteiger partial charge in [-0.25, -0.2) is 0 Å². The van der Waals surface area contributed by atoms with Crippen molar-refractivity contribution >= 4 is 21.9 Å². The molecule has 0 spiro atoms. The molecule has 0 bridgehead atoms. The molecule has 0 atom stereocenters. The van der Waals surface area contributed by atoms with E-state index >= 15 is 0 Å². The number of halogens is 1. The number of carboxylic acid groups (broad SMARTS) is 1. The molecular formula is C15H20BrNO2. The number of piperidine rings is 1. The first kappa shape index (κ1) is 14.5. The third-order valence-electron chi connectivity index (χ3n) is 4.24. The predicted molar refractivity (Wildman–Crippen MR) is 79.0 cm³/mol. The molecule has 0 saturated carbocycles. The Bertz CT molecular complexity index is 453. The molecule has 2 rings (SSSR count). The number of likely N-dealkylation sites (tertiary alicyclic amines) is 1. The van der Waals surface area contributed by atoms with Crippen molar-refractivity contribution in [3.8, 4) is 0 Å². The van der Waals surface area contributed by atoms with E-state index in [1.54, 1.807) is 0 Å². The zero-order valence-electron chi connectivity index (χ0n) is 11.2. The van der Waals surface area contributed by atoms with E-state index in [-0.39, 0.29) is 0 Å². The van der Waals surface area contributed by atoms with Crippen LogP contribution in [0.5, 0.6) is 0 Å². The number of rotatable bonds is 4. The Labute approximate surface area is 122 Å². The first-order valence-corrected chi connectivity index (χ1v) is 7.55. The summed E-state index contributed by atoms with van der Waals surface area (Å²) in [4.78, 5) is 13.7. The largest absolute Gasteiger partial charge is 0.481 e. The lowest BCUT2D eigenvalue weighted by Crippen LogP contribution is -2.43.